The summed E-state index contributed by atoms with van der Waals surface area (Å²) >= 11 is 0. The van der Waals surface area contributed by atoms with E-state index in [9.17, 15) is 4.79 Å². The van der Waals surface area contributed by atoms with E-state index in [4.69, 9.17) is 4.74 Å². The summed E-state index contributed by atoms with van der Waals surface area (Å²) in [7, 11) is 0. The van der Waals surface area contributed by atoms with Crippen molar-refractivity contribution in [1.29, 1.82) is 0 Å². The summed E-state index contributed by atoms with van der Waals surface area (Å²) in [6.07, 6.45) is 3.56. The molecule has 2 fully saturated rings. The summed E-state index contributed by atoms with van der Waals surface area (Å²) in [5, 5.41) is 8.56. The molecular weight excluding hydrogens is 302 g/mol. The quantitative estimate of drug-likeness (QED) is 0.882. The molecule has 126 valence electrons. The summed E-state index contributed by atoms with van der Waals surface area (Å²) in [5.41, 5.74) is -0.418. The average molecular weight is 325 g/mol. The number of piperidine rings is 1. The van der Waals surface area contributed by atoms with Gasteiger partial charge in [0.1, 0.15) is 12.4 Å². The van der Waals surface area contributed by atoms with Crippen LogP contribution in [0.4, 0.5) is 0 Å². The first kappa shape index (κ1) is 15.4. The normalized spacial score (nSPS) is 25.3. The molecule has 1 aliphatic heterocycles. The number of nitrogens with zero attached hydrogens (tertiary/aromatic N) is 1. The predicted octanol–water partition coefficient (Wildman–Crippen LogP) is 1.97. The molecule has 2 heterocycles. The molecule has 1 saturated carbocycles. The van der Waals surface area contributed by atoms with Gasteiger partial charge >= 0.3 is 0 Å². The van der Waals surface area contributed by atoms with E-state index in [2.05, 4.69) is 15.6 Å². The molecule has 2 N–H and O–H groups in total. The third-order valence-electron chi connectivity index (χ3n) is 5.08. The predicted molar refractivity (Wildman–Crippen MR) is 92.8 cm³/mol. The highest BCUT2D eigenvalue weighted by Crippen LogP contribution is 2.48. The van der Waals surface area contributed by atoms with Gasteiger partial charge in [0.2, 0.25) is 5.91 Å². The maximum absolute atomic E-state index is 12.5. The molecule has 0 radical (unpaired) electrons. The number of aromatic nitrogens is 1. The van der Waals surface area contributed by atoms with Crippen molar-refractivity contribution in [2.24, 2.45) is 17.8 Å². The highest BCUT2D eigenvalue weighted by molar-refractivity contribution is 5.87. The first-order valence-electron chi connectivity index (χ1n) is 8.53. The molecule has 1 aromatic heterocycles. The van der Waals surface area contributed by atoms with Gasteiger partial charge in [-0.25, -0.2) is 0 Å². The molecule has 1 aliphatic carbocycles. The Hall–Kier alpha value is -2.14. The van der Waals surface area contributed by atoms with E-state index in [0.29, 0.717) is 18.4 Å². The number of rotatable bonds is 5. The number of fused-ring (bicyclic) bond motifs is 2. The second-order valence-corrected chi connectivity index (χ2v) is 7.53. The van der Waals surface area contributed by atoms with Crippen LogP contribution in [0.15, 0.2) is 36.7 Å². The van der Waals surface area contributed by atoms with Crippen molar-refractivity contribution in [3.63, 3.8) is 0 Å². The Morgan fingerprint density at radius 2 is 2.04 bits per heavy atom. The average Bonchev–Trinajstić information content (AvgIpc) is 3.06. The van der Waals surface area contributed by atoms with Gasteiger partial charge in [-0.3, -0.25) is 9.78 Å². The molecule has 0 bridgehead atoms. The summed E-state index contributed by atoms with van der Waals surface area (Å²) in [6, 6.07) is 8.01. The Morgan fingerprint density at radius 1 is 1.29 bits per heavy atom. The molecule has 4 rings (SSSR count). The highest BCUT2D eigenvalue weighted by atomic mass is 16.5. The molecule has 1 amide bonds. The Morgan fingerprint density at radius 3 is 2.83 bits per heavy atom. The van der Waals surface area contributed by atoms with Crippen molar-refractivity contribution in [3.05, 3.63) is 36.7 Å². The number of hydrogen-bond acceptors (Lipinski definition) is 4. The first-order chi connectivity index (χ1) is 11.6. The topological polar surface area (TPSA) is 63.2 Å². The number of amides is 1. The van der Waals surface area contributed by atoms with Crippen LogP contribution >= 0.6 is 0 Å². The summed E-state index contributed by atoms with van der Waals surface area (Å²) < 4.78 is 5.99. The lowest BCUT2D eigenvalue weighted by Crippen LogP contribution is -2.49. The number of carbonyl (C=O) groups is 1. The molecule has 5 heteroatoms. The largest absolute Gasteiger partial charge is 0.489 e. The van der Waals surface area contributed by atoms with E-state index in [1.165, 1.54) is 0 Å². The fraction of sp³-hybridized carbons (Fsp3) is 0.474. The zero-order chi connectivity index (χ0) is 16.7. The van der Waals surface area contributed by atoms with Crippen LogP contribution in [-0.2, 0) is 4.79 Å². The number of carbonyl (C=O) groups excluding carboxylic acids is 1. The fourth-order valence-corrected chi connectivity index (χ4v) is 3.72. The van der Waals surface area contributed by atoms with Crippen molar-refractivity contribution >= 4 is 16.7 Å². The van der Waals surface area contributed by atoms with Crippen molar-refractivity contribution < 1.29 is 9.53 Å². The molecule has 24 heavy (non-hydrogen) atoms. The van der Waals surface area contributed by atoms with Crippen LogP contribution in [0, 0.1) is 17.8 Å². The zero-order valence-electron chi connectivity index (χ0n) is 14.1. The van der Waals surface area contributed by atoms with Crippen LogP contribution in [0.1, 0.15) is 13.8 Å². The van der Waals surface area contributed by atoms with Crippen LogP contribution in [0.5, 0.6) is 5.75 Å². The Balaban J connectivity index is 1.39. The standard InChI is InChI=1S/C19H23N3O2/c1-19(2,22-18(23)17-14-8-21-9-15(14)17)11-24-16-10-20-7-12-5-3-4-6-13(12)16/h3-7,10,14-15,17,21H,8-9,11H2,1-2H3,(H,22,23)/t14-,15+,17?. The number of benzene rings is 1. The number of hydrogen-bond donors (Lipinski definition) is 2. The third-order valence-corrected chi connectivity index (χ3v) is 5.08. The van der Waals surface area contributed by atoms with Crippen molar-refractivity contribution in [3.8, 4) is 5.75 Å². The van der Waals surface area contributed by atoms with E-state index >= 15 is 0 Å². The lowest BCUT2D eigenvalue weighted by atomic mass is 10.1. The van der Waals surface area contributed by atoms with Gasteiger partial charge in [0, 0.05) is 22.9 Å². The van der Waals surface area contributed by atoms with Crippen LogP contribution in [-0.4, -0.2) is 36.1 Å². The van der Waals surface area contributed by atoms with Crippen LogP contribution in [0.25, 0.3) is 10.8 Å². The van der Waals surface area contributed by atoms with Crippen molar-refractivity contribution in [2.75, 3.05) is 19.7 Å². The molecular formula is C19H23N3O2. The Kier molecular flexibility index (Phi) is 3.68. The van der Waals surface area contributed by atoms with Crippen LogP contribution in [0.3, 0.4) is 0 Å². The molecule has 1 saturated heterocycles. The van der Waals surface area contributed by atoms with E-state index in [1.54, 1.807) is 6.20 Å². The van der Waals surface area contributed by atoms with Crippen molar-refractivity contribution in [2.45, 2.75) is 19.4 Å². The Labute approximate surface area is 141 Å². The molecule has 5 nitrogen and oxygen atoms in total. The van der Waals surface area contributed by atoms with Gasteiger partial charge < -0.3 is 15.4 Å². The van der Waals surface area contributed by atoms with Gasteiger partial charge in [0.05, 0.1) is 11.7 Å². The van der Waals surface area contributed by atoms with E-state index in [1.807, 2.05) is 44.3 Å². The monoisotopic (exact) mass is 325 g/mol. The summed E-state index contributed by atoms with van der Waals surface area (Å²) in [6.45, 7) is 6.36. The molecule has 2 aliphatic rings. The second-order valence-electron chi connectivity index (χ2n) is 7.53. The summed E-state index contributed by atoms with van der Waals surface area (Å²) in [4.78, 5) is 16.7. The van der Waals surface area contributed by atoms with Crippen LogP contribution in [0.2, 0.25) is 0 Å². The molecule has 3 atom stereocenters. The molecule has 2 aromatic rings. The maximum Gasteiger partial charge on any atom is 0.224 e. The molecule has 1 aromatic carbocycles. The van der Waals surface area contributed by atoms with Gasteiger partial charge in [0.25, 0.3) is 0 Å². The zero-order valence-corrected chi connectivity index (χ0v) is 14.1. The maximum atomic E-state index is 12.5. The molecule has 0 spiro atoms. The van der Waals surface area contributed by atoms with Gasteiger partial charge in [-0.15, -0.1) is 0 Å². The molecule has 1 unspecified atom stereocenters. The third kappa shape index (κ3) is 2.84. The minimum absolute atomic E-state index is 0.163. The second kappa shape index (κ2) is 5.74. The first-order valence-corrected chi connectivity index (χ1v) is 8.53. The van der Waals surface area contributed by atoms with Gasteiger partial charge in [0.15, 0.2) is 0 Å². The fourth-order valence-electron chi connectivity index (χ4n) is 3.72. The minimum Gasteiger partial charge on any atom is -0.489 e. The SMILES string of the molecule is CC(C)(COc1cncc2ccccc12)NC(=O)C1[C@H]2CNC[C@@H]12. The summed E-state index contributed by atoms with van der Waals surface area (Å²) in [5.74, 6) is 2.16. The van der Waals surface area contributed by atoms with Gasteiger partial charge in [-0.05, 0) is 38.8 Å². The van der Waals surface area contributed by atoms with Gasteiger partial charge in [-0.1, -0.05) is 24.3 Å². The number of nitrogens with one attached hydrogen (secondary N) is 2. The van der Waals surface area contributed by atoms with E-state index < -0.39 is 5.54 Å². The minimum atomic E-state index is -0.418. The number of ether oxygens (including phenoxy) is 1. The van der Waals surface area contributed by atoms with Gasteiger partial charge in [-0.2, -0.15) is 0 Å². The Bertz CT molecular complexity index is 759. The smallest absolute Gasteiger partial charge is 0.224 e. The van der Waals surface area contributed by atoms with Crippen molar-refractivity contribution in [1.82, 2.24) is 15.6 Å². The van der Waals surface area contributed by atoms with E-state index in [0.717, 1.165) is 29.6 Å². The van der Waals surface area contributed by atoms with Crippen LogP contribution < -0.4 is 15.4 Å². The highest BCUT2D eigenvalue weighted by Gasteiger charge is 2.57. The lowest BCUT2D eigenvalue weighted by molar-refractivity contribution is -0.125. The lowest BCUT2D eigenvalue weighted by Gasteiger charge is -2.27. The van der Waals surface area contributed by atoms with E-state index in [-0.39, 0.29) is 11.8 Å². The number of pyridine rings is 1.